The van der Waals surface area contributed by atoms with Crippen molar-refractivity contribution in [2.75, 3.05) is 5.32 Å². The second-order valence-corrected chi connectivity index (χ2v) is 6.61. The van der Waals surface area contributed by atoms with Gasteiger partial charge in [-0.1, -0.05) is 60.1 Å². The number of para-hydroxylation sites is 1. The monoisotopic (exact) mass is 396 g/mol. The first-order valence-electron chi connectivity index (χ1n) is 8.68. The lowest BCUT2D eigenvalue weighted by atomic mass is 10.1. The van der Waals surface area contributed by atoms with Crippen LogP contribution in [0.15, 0.2) is 72.8 Å². The standard InChI is InChI=1S/C22H18ClFN2O2/c23-17-11-10-16(19(24)13-17)12-21(27)26-20-9-5-4-8-18(20)22(28)25-14-15-6-2-1-3-7-15/h1-11,13H,12,14H2,(H,25,28)(H,26,27). The van der Waals surface area contributed by atoms with Crippen molar-refractivity contribution >= 4 is 29.1 Å². The number of hydrogen-bond acceptors (Lipinski definition) is 2. The number of nitrogens with one attached hydrogen (secondary N) is 2. The summed E-state index contributed by atoms with van der Waals surface area (Å²) in [7, 11) is 0. The molecule has 4 nitrogen and oxygen atoms in total. The summed E-state index contributed by atoms with van der Waals surface area (Å²) in [4.78, 5) is 24.9. The minimum atomic E-state index is -0.545. The minimum absolute atomic E-state index is 0.164. The Balaban J connectivity index is 1.67. The third kappa shape index (κ3) is 5.18. The lowest BCUT2D eigenvalue weighted by molar-refractivity contribution is -0.115. The summed E-state index contributed by atoms with van der Waals surface area (Å²) >= 11 is 5.73. The van der Waals surface area contributed by atoms with Gasteiger partial charge in [-0.15, -0.1) is 0 Å². The smallest absolute Gasteiger partial charge is 0.253 e. The van der Waals surface area contributed by atoms with E-state index in [1.807, 2.05) is 30.3 Å². The van der Waals surface area contributed by atoms with Gasteiger partial charge in [-0.25, -0.2) is 4.39 Å². The molecule has 2 amide bonds. The number of carbonyl (C=O) groups excluding carboxylic acids is 2. The van der Waals surface area contributed by atoms with Crippen molar-refractivity contribution in [2.24, 2.45) is 0 Å². The van der Waals surface area contributed by atoms with Gasteiger partial charge in [-0.2, -0.15) is 0 Å². The Hall–Kier alpha value is -3.18. The topological polar surface area (TPSA) is 58.2 Å². The molecule has 28 heavy (non-hydrogen) atoms. The summed E-state index contributed by atoms with van der Waals surface area (Å²) in [5.74, 6) is -1.28. The minimum Gasteiger partial charge on any atom is -0.348 e. The number of halogens is 2. The fourth-order valence-electron chi connectivity index (χ4n) is 2.70. The van der Waals surface area contributed by atoms with Crippen LogP contribution in [0.2, 0.25) is 5.02 Å². The van der Waals surface area contributed by atoms with Crippen molar-refractivity contribution < 1.29 is 14.0 Å². The highest BCUT2D eigenvalue weighted by molar-refractivity contribution is 6.30. The fraction of sp³-hybridized carbons (Fsp3) is 0.0909. The van der Waals surface area contributed by atoms with Gasteiger partial charge in [-0.05, 0) is 35.4 Å². The fourth-order valence-corrected chi connectivity index (χ4v) is 2.85. The Bertz CT molecular complexity index is 993. The molecule has 3 rings (SSSR count). The van der Waals surface area contributed by atoms with Gasteiger partial charge in [0.2, 0.25) is 5.91 Å². The van der Waals surface area contributed by atoms with E-state index < -0.39 is 11.7 Å². The third-order valence-electron chi connectivity index (χ3n) is 4.11. The van der Waals surface area contributed by atoms with Crippen LogP contribution < -0.4 is 10.6 Å². The van der Waals surface area contributed by atoms with Crippen molar-refractivity contribution in [1.29, 1.82) is 0 Å². The number of carbonyl (C=O) groups is 2. The molecule has 0 atom stereocenters. The average Bonchev–Trinajstić information content (AvgIpc) is 2.69. The maximum Gasteiger partial charge on any atom is 0.253 e. The van der Waals surface area contributed by atoms with E-state index in [1.165, 1.54) is 12.1 Å². The number of rotatable bonds is 6. The molecule has 0 saturated heterocycles. The van der Waals surface area contributed by atoms with Gasteiger partial charge < -0.3 is 10.6 Å². The summed E-state index contributed by atoms with van der Waals surface area (Å²) in [6.45, 7) is 0.373. The zero-order valence-corrected chi connectivity index (χ0v) is 15.7. The zero-order chi connectivity index (χ0) is 19.9. The summed E-state index contributed by atoms with van der Waals surface area (Å²) in [5, 5.41) is 5.78. The number of hydrogen-bond donors (Lipinski definition) is 2. The molecule has 0 aromatic heterocycles. The van der Waals surface area contributed by atoms with E-state index in [0.29, 0.717) is 17.8 Å². The summed E-state index contributed by atoms with van der Waals surface area (Å²) in [6.07, 6.45) is -0.164. The highest BCUT2D eigenvalue weighted by atomic mass is 35.5. The molecular formula is C22H18ClFN2O2. The Labute approximate surface area is 167 Å². The lowest BCUT2D eigenvalue weighted by Crippen LogP contribution is -2.25. The van der Waals surface area contributed by atoms with E-state index in [9.17, 15) is 14.0 Å². The van der Waals surface area contributed by atoms with Crippen molar-refractivity contribution in [3.05, 3.63) is 100 Å². The highest BCUT2D eigenvalue weighted by Gasteiger charge is 2.14. The number of amides is 2. The summed E-state index contributed by atoms with van der Waals surface area (Å²) in [5.41, 5.74) is 1.90. The van der Waals surface area contributed by atoms with E-state index >= 15 is 0 Å². The Morgan fingerprint density at radius 3 is 2.39 bits per heavy atom. The second kappa shape index (κ2) is 9.15. The molecule has 0 saturated carbocycles. The van der Waals surface area contributed by atoms with Crippen molar-refractivity contribution in [1.82, 2.24) is 5.32 Å². The van der Waals surface area contributed by atoms with Crippen molar-refractivity contribution in [3.8, 4) is 0 Å². The first-order chi connectivity index (χ1) is 13.5. The van der Waals surface area contributed by atoms with Crippen LogP contribution in [0.25, 0.3) is 0 Å². The molecule has 0 aliphatic rings. The molecule has 0 unspecified atom stereocenters. The first kappa shape index (κ1) is 19.6. The van der Waals surface area contributed by atoms with Crippen LogP contribution in [0.4, 0.5) is 10.1 Å². The molecule has 0 aliphatic heterocycles. The molecule has 0 spiro atoms. The lowest BCUT2D eigenvalue weighted by Gasteiger charge is -2.12. The maximum absolute atomic E-state index is 13.9. The van der Waals surface area contributed by atoms with Gasteiger partial charge >= 0.3 is 0 Å². The first-order valence-corrected chi connectivity index (χ1v) is 9.05. The molecule has 3 aromatic rings. The molecule has 0 radical (unpaired) electrons. The van der Waals surface area contributed by atoms with Crippen LogP contribution in [0.5, 0.6) is 0 Å². The van der Waals surface area contributed by atoms with E-state index in [2.05, 4.69) is 10.6 Å². The van der Waals surface area contributed by atoms with Crippen LogP contribution in [-0.4, -0.2) is 11.8 Å². The third-order valence-corrected chi connectivity index (χ3v) is 4.34. The SMILES string of the molecule is O=C(Cc1ccc(Cl)cc1F)Nc1ccccc1C(=O)NCc1ccccc1. The molecule has 6 heteroatoms. The Morgan fingerprint density at radius 2 is 1.64 bits per heavy atom. The van der Waals surface area contributed by atoms with Crippen LogP contribution in [0.3, 0.4) is 0 Å². The van der Waals surface area contributed by atoms with Crippen LogP contribution in [0.1, 0.15) is 21.5 Å². The van der Waals surface area contributed by atoms with Crippen molar-refractivity contribution in [2.45, 2.75) is 13.0 Å². The Morgan fingerprint density at radius 1 is 0.929 bits per heavy atom. The molecule has 0 fully saturated rings. The predicted octanol–water partition coefficient (Wildman–Crippen LogP) is 4.59. The summed E-state index contributed by atoms with van der Waals surface area (Å²) < 4.78 is 13.9. The van der Waals surface area contributed by atoms with Gasteiger partial charge in [0, 0.05) is 11.6 Å². The number of anilines is 1. The van der Waals surface area contributed by atoms with E-state index in [-0.39, 0.29) is 22.9 Å². The zero-order valence-electron chi connectivity index (χ0n) is 14.9. The molecule has 142 valence electrons. The van der Waals surface area contributed by atoms with E-state index in [0.717, 1.165) is 11.6 Å². The average molecular weight is 397 g/mol. The Kier molecular flexibility index (Phi) is 6.40. The molecule has 0 heterocycles. The van der Waals surface area contributed by atoms with E-state index in [4.69, 9.17) is 11.6 Å². The highest BCUT2D eigenvalue weighted by Crippen LogP contribution is 2.18. The maximum atomic E-state index is 13.9. The van der Waals surface area contributed by atoms with Gasteiger partial charge in [0.15, 0.2) is 0 Å². The number of benzene rings is 3. The van der Waals surface area contributed by atoms with E-state index in [1.54, 1.807) is 24.3 Å². The quantitative estimate of drug-likeness (QED) is 0.640. The molecular weight excluding hydrogens is 379 g/mol. The molecule has 0 aliphatic carbocycles. The van der Waals surface area contributed by atoms with Gasteiger partial charge in [0.25, 0.3) is 5.91 Å². The normalized spacial score (nSPS) is 10.4. The van der Waals surface area contributed by atoms with Gasteiger partial charge in [-0.3, -0.25) is 9.59 Å². The molecule has 2 N–H and O–H groups in total. The predicted molar refractivity (Wildman–Crippen MR) is 108 cm³/mol. The van der Waals surface area contributed by atoms with Crippen LogP contribution in [-0.2, 0) is 17.8 Å². The van der Waals surface area contributed by atoms with Crippen LogP contribution >= 0.6 is 11.6 Å². The largest absolute Gasteiger partial charge is 0.348 e. The van der Waals surface area contributed by atoms with Gasteiger partial charge in [0.1, 0.15) is 5.82 Å². The summed E-state index contributed by atoms with van der Waals surface area (Å²) in [6, 6.07) is 20.4. The second-order valence-electron chi connectivity index (χ2n) is 6.17. The van der Waals surface area contributed by atoms with Crippen LogP contribution in [0, 0.1) is 5.82 Å². The van der Waals surface area contributed by atoms with Crippen molar-refractivity contribution in [3.63, 3.8) is 0 Å². The molecule has 0 bridgehead atoms. The molecule has 3 aromatic carbocycles. The van der Waals surface area contributed by atoms with Gasteiger partial charge in [0.05, 0.1) is 17.7 Å².